The molecule has 58 heavy (non-hydrogen) atoms. The number of benzene rings is 2. The summed E-state index contributed by atoms with van der Waals surface area (Å²) in [7, 11) is 0. The van der Waals surface area contributed by atoms with Crippen LogP contribution in [0.4, 0.5) is 0 Å². The number of thiophene rings is 1. The molecule has 0 bridgehead atoms. The zero-order chi connectivity index (χ0) is 40.7. The van der Waals surface area contributed by atoms with Crippen LogP contribution in [0.5, 0.6) is 5.75 Å². The maximum atomic E-state index is 13.4. The number of aromatic nitrogens is 6. The molecule has 8 rings (SSSR count). The standard InChI is InChI=1S/C39H37ClN10O7S/c1-20-21(2)58-39-32(20)34(23-7-9-24(40)10-8-23)42-27(35-46-44-22(3)49(35)39)17-31(52)41-13-14-48-18-25(45-47-48)19-56-15-16-57-29-6-4-5-26-33(29)38(55)50(37(26)54)28-11-12-30(51)43-36(28)53/h4-10,18,27-28H,11-17,19H2,1-3H3,(H,41,52)(H,43,51,53)/t27-,28?/m0/s1. The lowest BCUT2D eigenvalue weighted by atomic mass is 9.99. The van der Waals surface area contributed by atoms with Gasteiger partial charge in [-0.05, 0) is 57.0 Å². The van der Waals surface area contributed by atoms with E-state index in [9.17, 15) is 24.0 Å². The van der Waals surface area contributed by atoms with Crippen LogP contribution < -0.4 is 15.4 Å². The number of halogens is 1. The number of imide groups is 2. The largest absolute Gasteiger partial charge is 0.490 e. The van der Waals surface area contributed by atoms with Crippen LogP contribution >= 0.6 is 22.9 Å². The van der Waals surface area contributed by atoms with Crippen molar-refractivity contribution in [3.63, 3.8) is 0 Å². The maximum Gasteiger partial charge on any atom is 0.266 e. The van der Waals surface area contributed by atoms with Crippen molar-refractivity contribution in [1.82, 2.24) is 45.3 Å². The van der Waals surface area contributed by atoms with Crippen molar-refractivity contribution in [3.05, 3.63) is 104 Å². The lowest BCUT2D eigenvalue weighted by molar-refractivity contribution is -0.136. The number of hydrogen-bond donors (Lipinski definition) is 2. The molecule has 3 aliphatic rings. The third kappa shape index (κ3) is 7.41. The molecule has 5 aromatic rings. The van der Waals surface area contributed by atoms with Gasteiger partial charge in [0.25, 0.3) is 11.8 Å². The van der Waals surface area contributed by atoms with Gasteiger partial charge in [0.15, 0.2) is 5.82 Å². The molecule has 1 unspecified atom stereocenters. The number of aliphatic imine (C=N–C) groups is 1. The summed E-state index contributed by atoms with van der Waals surface area (Å²) in [6.07, 6.45) is 1.86. The SMILES string of the molecule is Cc1sc2c(c1C)C(c1ccc(Cl)cc1)=N[C@@H](CC(=O)NCCn1cc(COCCOc3cccc4c3C(=O)N(C3CCC(=O)NC3=O)C4=O)nn1)c1nnc(C)n1-2. The van der Waals surface area contributed by atoms with Gasteiger partial charge < -0.3 is 14.8 Å². The molecule has 17 nitrogen and oxygen atoms in total. The molecule has 2 aromatic carbocycles. The fourth-order valence-electron chi connectivity index (χ4n) is 7.20. The number of nitrogens with zero attached hydrogens (tertiary/aromatic N) is 8. The van der Waals surface area contributed by atoms with Crippen LogP contribution in [0.3, 0.4) is 0 Å². The van der Waals surface area contributed by atoms with E-state index in [1.54, 1.807) is 34.3 Å². The van der Waals surface area contributed by atoms with Gasteiger partial charge >= 0.3 is 0 Å². The summed E-state index contributed by atoms with van der Waals surface area (Å²) in [4.78, 5) is 70.9. The van der Waals surface area contributed by atoms with E-state index in [1.807, 2.05) is 35.8 Å². The second kappa shape index (κ2) is 16.0. The topological polar surface area (TPSA) is 205 Å². The molecular formula is C39H37ClN10O7S. The fourth-order valence-corrected chi connectivity index (χ4v) is 8.54. The summed E-state index contributed by atoms with van der Waals surface area (Å²) in [5, 5.41) is 23.9. The van der Waals surface area contributed by atoms with Crippen LogP contribution in [-0.4, -0.2) is 95.7 Å². The van der Waals surface area contributed by atoms with Crippen molar-refractivity contribution in [1.29, 1.82) is 0 Å². The van der Waals surface area contributed by atoms with Gasteiger partial charge in [0.05, 0.1) is 49.2 Å². The number of carbonyl (C=O) groups excluding carboxylic acids is 5. The first-order chi connectivity index (χ1) is 28.0. The van der Waals surface area contributed by atoms with Crippen LogP contribution in [0.1, 0.15) is 84.9 Å². The molecule has 298 valence electrons. The Labute approximate surface area is 340 Å². The highest BCUT2D eigenvalue weighted by Gasteiger charge is 2.46. The molecule has 0 aliphatic carbocycles. The second-order valence-corrected chi connectivity index (χ2v) is 15.6. The number of rotatable bonds is 13. The first-order valence-corrected chi connectivity index (χ1v) is 19.7. The van der Waals surface area contributed by atoms with E-state index in [0.29, 0.717) is 28.9 Å². The summed E-state index contributed by atoms with van der Waals surface area (Å²) >= 11 is 7.87. The number of fused-ring (bicyclic) bond motifs is 4. The Morgan fingerprint density at radius 3 is 2.60 bits per heavy atom. The van der Waals surface area contributed by atoms with E-state index < -0.39 is 35.7 Å². The van der Waals surface area contributed by atoms with E-state index in [1.165, 1.54) is 6.07 Å². The van der Waals surface area contributed by atoms with E-state index >= 15 is 0 Å². The highest BCUT2D eigenvalue weighted by Crippen LogP contribution is 2.40. The zero-order valence-corrected chi connectivity index (χ0v) is 33.2. The number of ether oxygens (including phenoxy) is 2. The predicted molar refractivity (Wildman–Crippen MR) is 209 cm³/mol. The Bertz CT molecular complexity index is 2510. The van der Waals surface area contributed by atoms with Crippen molar-refractivity contribution < 1.29 is 33.4 Å². The minimum atomic E-state index is -1.07. The molecule has 1 fully saturated rings. The predicted octanol–water partition coefficient (Wildman–Crippen LogP) is 3.59. The van der Waals surface area contributed by atoms with Gasteiger partial charge in [-0.15, -0.1) is 26.6 Å². The van der Waals surface area contributed by atoms with E-state index in [2.05, 4.69) is 45.0 Å². The molecule has 0 radical (unpaired) electrons. The molecule has 2 atom stereocenters. The molecular weight excluding hydrogens is 788 g/mol. The van der Waals surface area contributed by atoms with Gasteiger partial charge in [0.1, 0.15) is 41.0 Å². The molecule has 1 saturated heterocycles. The van der Waals surface area contributed by atoms with Crippen LogP contribution in [0.25, 0.3) is 5.00 Å². The molecule has 0 saturated carbocycles. The number of piperidine rings is 1. The first kappa shape index (κ1) is 38.7. The zero-order valence-electron chi connectivity index (χ0n) is 31.7. The van der Waals surface area contributed by atoms with Gasteiger partial charge in [0.2, 0.25) is 17.7 Å². The monoisotopic (exact) mass is 824 g/mol. The van der Waals surface area contributed by atoms with E-state index in [-0.39, 0.29) is 68.4 Å². The Kier molecular flexibility index (Phi) is 10.7. The fraction of sp³-hybridized carbons (Fsp3) is 0.333. The summed E-state index contributed by atoms with van der Waals surface area (Å²) in [6.45, 7) is 7.02. The molecule has 19 heteroatoms. The van der Waals surface area contributed by atoms with Gasteiger partial charge in [-0.25, -0.2) is 0 Å². The van der Waals surface area contributed by atoms with Crippen molar-refractivity contribution >= 4 is 58.2 Å². The van der Waals surface area contributed by atoms with Crippen LogP contribution in [-0.2, 0) is 32.3 Å². The Hall–Kier alpha value is -6.11. The number of carbonyl (C=O) groups is 5. The lowest BCUT2D eigenvalue weighted by Gasteiger charge is -2.27. The highest BCUT2D eigenvalue weighted by atomic mass is 35.5. The minimum absolute atomic E-state index is 0.0296. The second-order valence-electron chi connectivity index (χ2n) is 14.0. The maximum absolute atomic E-state index is 13.4. The summed E-state index contributed by atoms with van der Waals surface area (Å²) < 4.78 is 15.1. The van der Waals surface area contributed by atoms with Gasteiger partial charge in [-0.3, -0.25) is 48.4 Å². The van der Waals surface area contributed by atoms with E-state index in [0.717, 1.165) is 37.2 Å². The van der Waals surface area contributed by atoms with Crippen molar-refractivity contribution in [2.24, 2.45) is 4.99 Å². The molecule has 5 amide bonds. The molecule has 0 spiro atoms. The summed E-state index contributed by atoms with van der Waals surface area (Å²) in [5.41, 5.74) is 4.51. The Morgan fingerprint density at radius 1 is 1.00 bits per heavy atom. The first-order valence-electron chi connectivity index (χ1n) is 18.6. The normalized spacial score (nSPS) is 17.4. The van der Waals surface area contributed by atoms with Crippen molar-refractivity contribution in [2.75, 3.05) is 19.8 Å². The summed E-state index contributed by atoms with van der Waals surface area (Å²) in [6, 6.07) is 10.5. The quantitative estimate of drug-likeness (QED) is 0.130. The average molecular weight is 825 g/mol. The molecule has 3 aliphatic heterocycles. The smallest absolute Gasteiger partial charge is 0.266 e. The number of amides is 5. The highest BCUT2D eigenvalue weighted by molar-refractivity contribution is 7.15. The van der Waals surface area contributed by atoms with E-state index in [4.69, 9.17) is 26.1 Å². The van der Waals surface area contributed by atoms with Crippen molar-refractivity contribution in [3.8, 4) is 10.8 Å². The number of nitrogens with one attached hydrogen (secondary N) is 2. The molecule has 2 N–H and O–H groups in total. The third-order valence-electron chi connectivity index (χ3n) is 10.2. The van der Waals surface area contributed by atoms with Crippen LogP contribution in [0.2, 0.25) is 5.02 Å². The Morgan fingerprint density at radius 2 is 1.81 bits per heavy atom. The lowest BCUT2D eigenvalue weighted by Crippen LogP contribution is -2.54. The summed E-state index contributed by atoms with van der Waals surface area (Å²) in [5.74, 6) is -1.10. The molecule has 6 heterocycles. The minimum Gasteiger partial charge on any atom is -0.490 e. The Balaban J connectivity index is 0.834. The van der Waals surface area contributed by atoms with Gasteiger partial charge in [0, 0.05) is 34.0 Å². The van der Waals surface area contributed by atoms with Gasteiger partial charge in [-0.1, -0.05) is 35.0 Å². The third-order valence-corrected chi connectivity index (χ3v) is 11.6. The van der Waals surface area contributed by atoms with Crippen molar-refractivity contribution in [2.45, 2.75) is 65.3 Å². The van der Waals surface area contributed by atoms with Crippen LogP contribution in [0.15, 0.2) is 53.7 Å². The van der Waals surface area contributed by atoms with Crippen LogP contribution in [0, 0.1) is 20.8 Å². The molecule has 3 aromatic heterocycles. The average Bonchev–Trinajstić information content (AvgIpc) is 3.93. The number of hydrogen-bond acceptors (Lipinski definition) is 13. The van der Waals surface area contributed by atoms with Gasteiger partial charge in [-0.2, -0.15) is 0 Å². The number of aryl methyl sites for hydroxylation is 2.